The lowest BCUT2D eigenvalue weighted by Gasteiger charge is -2.13. The number of carbonyl (C=O) groups excluding carboxylic acids is 2. The quantitative estimate of drug-likeness (QED) is 0.669. The summed E-state index contributed by atoms with van der Waals surface area (Å²) < 4.78 is 61.0. The Labute approximate surface area is 158 Å². The highest BCUT2D eigenvalue weighted by Gasteiger charge is 2.33. The molecule has 1 aromatic carbocycles. The number of hydrogen-bond acceptors (Lipinski definition) is 4. The van der Waals surface area contributed by atoms with Crippen molar-refractivity contribution in [1.29, 1.82) is 0 Å². The highest BCUT2D eigenvalue weighted by Crippen LogP contribution is 2.36. The van der Waals surface area contributed by atoms with Gasteiger partial charge in [-0.05, 0) is 24.6 Å². The van der Waals surface area contributed by atoms with Crippen LogP contribution >= 0.6 is 11.6 Å². The van der Waals surface area contributed by atoms with Crippen molar-refractivity contribution >= 4 is 39.1 Å². The summed E-state index contributed by atoms with van der Waals surface area (Å²) in [6, 6.07) is 1.90. The lowest BCUT2D eigenvalue weighted by atomic mass is 10.2. The van der Waals surface area contributed by atoms with E-state index in [1.807, 2.05) is 0 Å². The molecule has 1 heterocycles. The maximum atomic E-state index is 12.8. The van der Waals surface area contributed by atoms with Gasteiger partial charge in [0.2, 0.25) is 5.91 Å². The Morgan fingerprint density at radius 1 is 1.26 bits per heavy atom. The second-order valence-corrected chi connectivity index (χ2v) is 8.63. The van der Waals surface area contributed by atoms with Crippen molar-refractivity contribution in [3.63, 3.8) is 0 Å². The summed E-state index contributed by atoms with van der Waals surface area (Å²) in [4.78, 5) is 23.4. The molecule has 0 unspecified atom stereocenters. The maximum Gasteiger partial charge on any atom is 0.417 e. The molecule has 1 atom stereocenters. The molecular formula is C15H17ClF3N3O4S. The molecular weight excluding hydrogens is 411 g/mol. The zero-order valence-corrected chi connectivity index (χ0v) is 15.5. The number of urea groups is 1. The predicted octanol–water partition coefficient (Wildman–Crippen LogP) is 2.17. The minimum absolute atomic E-state index is 0.0152. The maximum absolute atomic E-state index is 12.8. The van der Waals surface area contributed by atoms with E-state index in [0.29, 0.717) is 6.42 Å². The molecule has 0 bridgehead atoms. The minimum Gasteiger partial charge on any atom is -0.338 e. The number of nitrogens with one attached hydrogen (secondary N) is 3. The van der Waals surface area contributed by atoms with Gasteiger partial charge in [-0.1, -0.05) is 11.6 Å². The Hall–Kier alpha value is -2.01. The highest BCUT2D eigenvalue weighted by molar-refractivity contribution is 7.91. The van der Waals surface area contributed by atoms with Crippen molar-refractivity contribution < 1.29 is 31.2 Å². The van der Waals surface area contributed by atoms with E-state index < -0.39 is 44.6 Å². The molecule has 150 valence electrons. The summed E-state index contributed by atoms with van der Waals surface area (Å²) in [7, 11) is -3.12. The van der Waals surface area contributed by atoms with Gasteiger partial charge in [-0.2, -0.15) is 13.2 Å². The number of alkyl halides is 3. The van der Waals surface area contributed by atoms with Crippen molar-refractivity contribution in [3.05, 3.63) is 28.8 Å². The lowest BCUT2D eigenvalue weighted by Crippen LogP contribution is -2.43. The van der Waals surface area contributed by atoms with Gasteiger partial charge in [0.05, 0.1) is 22.1 Å². The zero-order chi connectivity index (χ0) is 20.2. The molecule has 7 nitrogen and oxygen atoms in total. The summed E-state index contributed by atoms with van der Waals surface area (Å²) in [5.41, 5.74) is -1.14. The lowest BCUT2D eigenvalue weighted by molar-refractivity contribution is -0.137. The average Bonchev–Trinajstić information content (AvgIpc) is 2.86. The van der Waals surface area contributed by atoms with E-state index in [9.17, 15) is 31.2 Å². The number of amides is 3. The van der Waals surface area contributed by atoms with Gasteiger partial charge in [0.15, 0.2) is 9.84 Å². The van der Waals surface area contributed by atoms with Crippen molar-refractivity contribution in [2.24, 2.45) is 0 Å². The van der Waals surface area contributed by atoms with E-state index >= 15 is 0 Å². The minimum atomic E-state index is -4.65. The molecule has 0 saturated carbocycles. The second-order valence-electron chi connectivity index (χ2n) is 5.99. The molecule has 2 rings (SSSR count). The molecule has 0 aromatic heterocycles. The normalized spacial score (nSPS) is 18.7. The zero-order valence-electron chi connectivity index (χ0n) is 13.9. The fourth-order valence-electron chi connectivity index (χ4n) is 2.48. The van der Waals surface area contributed by atoms with Crippen molar-refractivity contribution in [1.82, 2.24) is 10.6 Å². The third kappa shape index (κ3) is 6.58. The standard InChI is InChI=1S/C15H17ClF3N3O4S/c16-12-2-1-9(7-11(12)15(17,18)19)21-13(23)3-5-20-14(24)22-10-4-6-27(25,26)8-10/h1-2,7,10H,3-6,8H2,(H,21,23)(H2,20,22,24)/t10-/m0/s1. The first kappa shape index (κ1) is 21.3. The average molecular weight is 428 g/mol. The van der Waals surface area contributed by atoms with Gasteiger partial charge in [-0.25, -0.2) is 13.2 Å². The summed E-state index contributed by atoms with van der Waals surface area (Å²) in [5.74, 6) is -0.713. The Morgan fingerprint density at radius 2 is 1.96 bits per heavy atom. The molecule has 3 N–H and O–H groups in total. The number of benzene rings is 1. The van der Waals surface area contributed by atoms with E-state index in [1.54, 1.807) is 0 Å². The molecule has 1 aliphatic rings. The fraction of sp³-hybridized carbons (Fsp3) is 0.467. The van der Waals surface area contributed by atoms with Crippen LogP contribution in [0.1, 0.15) is 18.4 Å². The van der Waals surface area contributed by atoms with Crippen LogP contribution in [0.5, 0.6) is 0 Å². The van der Waals surface area contributed by atoms with Crippen LogP contribution in [0.3, 0.4) is 0 Å². The van der Waals surface area contributed by atoms with E-state index in [0.717, 1.165) is 12.1 Å². The first-order chi connectivity index (χ1) is 12.5. The molecule has 12 heteroatoms. The van der Waals surface area contributed by atoms with Crippen LogP contribution in [0.25, 0.3) is 0 Å². The second kappa shape index (κ2) is 8.34. The van der Waals surface area contributed by atoms with E-state index in [2.05, 4.69) is 16.0 Å². The van der Waals surface area contributed by atoms with E-state index in [1.165, 1.54) is 6.07 Å². The third-order valence-electron chi connectivity index (χ3n) is 3.76. The molecule has 0 aliphatic carbocycles. The molecule has 1 aliphatic heterocycles. The van der Waals surface area contributed by atoms with Gasteiger partial charge in [-0.3, -0.25) is 4.79 Å². The number of carbonyl (C=O) groups is 2. The van der Waals surface area contributed by atoms with Gasteiger partial charge in [0, 0.05) is 24.7 Å². The molecule has 1 aromatic rings. The highest BCUT2D eigenvalue weighted by atomic mass is 35.5. The summed E-state index contributed by atoms with van der Waals surface area (Å²) in [5, 5.41) is 6.69. The van der Waals surface area contributed by atoms with Crippen molar-refractivity contribution in [2.45, 2.75) is 25.1 Å². The summed E-state index contributed by atoms with van der Waals surface area (Å²) in [6.45, 7) is -0.0726. The van der Waals surface area contributed by atoms with Crippen LogP contribution < -0.4 is 16.0 Å². The van der Waals surface area contributed by atoms with E-state index in [-0.39, 0.29) is 30.2 Å². The Kier molecular flexibility index (Phi) is 6.58. The first-order valence-corrected chi connectivity index (χ1v) is 10.1. The van der Waals surface area contributed by atoms with E-state index in [4.69, 9.17) is 11.6 Å². The molecule has 1 fully saturated rings. The first-order valence-electron chi connectivity index (χ1n) is 7.88. The SMILES string of the molecule is O=C(CCNC(=O)N[C@H]1CCS(=O)(=O)C1)Nc1ccc(Cl)c(C(F)(F)F)c1. The van der Waals surface area contributed by atoms with Crippen LogP contribution in [0, 0.1) is 0 Å². The molecule has 0 spiro atoms. The summed E-state index contributed by atoms with van der Waals surface area (Å²) >= 11 is 5.50. The van der Waals surface area contributed by atoms with Gasteiger partial charge in [0.25, 0.3) is 0 Å². The van der Waals surface area contributed by atoms with Crippen LogP contribution in [-0.4, -0.2) is 44.4 Å². The Morgan fingerprint density at radius 3 is 2.56 bits per heavy atom. The molecule has 3 amide bonds. The van der Waals surface area contributed by atoms with Crippen LogP contribution in [-0.2, 0) is 20.8 Å². The Bertz CT molecular complexity index is 830. The van der Waals surface area contributed by atoms with Crippen LogP contribution in [0.15, 0.2) is 18.2 Å². The van der Waals surface area contributed by atoms with Gasteiger partial charge >= 0.3 is 12.2 Å². The number of hydrogen-bond donors (Lipinski definition) is 3. The van der Waals surface area contributed by atoms with Gasteiger partial charge in [-0.15, -0.1) is 0 Å². The third-order valence-corrected chi connectivity index (χ3v) is 5.86. The van der Waals surface area contributed by atoms with Crippen LogP contribution in [0.2, 0.25) is 5.02 Å². The van der Waals surface area contributed by atoms with Crippen molar-refractivity contribution in [3.8, 4) is 0 Å². The monoisotopic (exact) mass is 427 g/mol. The smallest absolute Gasteiger partial charge is 0.338 e. The van der Waals surface area contributed by atoms with Crippen LogP contribution in [0.4, 0.5) is 23.7 Å². The fourth-order valence-corrected chi connectivity index (χ4v) is 4.38. The summed E-state index contributed by atoms with van der Waals surface area (Å²) in [6.07, 6.45) is -4.50. The molecule has 27 heavy (non-hydrogen) atoms. The number of sulfone groups is 1. The largest absolute Gasteiger partial charge is 0.417 e. The number of halogens is 4. The van der Waals surface area contributed by atoms with Gasteiger partial charge in [0.1, 0.15) is 0 Å². The Balaban J connectivity index is 1.77. The van der Waals surface area contributed by atoms with Gasteiger partial charge < -0.3 is 16.0 Å². The number of rotatable bonds is 5. The van der Waals surface area contributed by atoms with Crippen molar-refractivity contribution in [2.75, 3.05) is 23.4 Å². The molecule has 1 saturated heterocycles. The molecule has 0 radical (unpaired) electrons. The number of anilines is 1. The predicted molar refractivity (Wildman–Crippen MR) is 93.3 cm³/mol. The topological polar surface area (TPSA) is 104 Å².